The van der Waals surface area contributed by atoms with E-state index in [4.69, 9.17) is 4.52 Å². The first-order valence-electron chi connectivity index (χ1n) is 7.94. The molecule has 0 fully saturated rings. The van der Waals surface area contributed by atoms with Crippen LogP contribution in [0.4, 0.5) is 0 Å². The van der Waals surface area contributed by atoms with Crippen molar-refractivity contribution in [3.05, 3.63) is 28.8 Å². The van der Waals surface area contributed by atoms with Gasteiger partial charge in [0, 0.05) is 0 Å². The van der Waals surface area contributed by atoms with E-state index in [-0.39, 0.29) is 12.8 Å². The predicted molar refractivity (Wildman–Crippen MR) is 90.3 cm³/mol. The van der Waals surface area contributed by atoms with Crippen LogP contribution < -0.4 is 0 Å². The number of benzene rings is 1. The summed E-state index contributed by atoms with van der Waals surface area (Å²) >= 11 is 0. The Morgan fingerprint density at radius 2 is 1.55 bits per heavy atom. The minimum atomic E-state index is -3.62. The lowest BCUT2D eigenvalue weighted by atomic mass is 9.93. The van der Waals surface area contributed by atoms with Crippen molar-refractivity contribution in [2.75, 3.05) is 6.61 Å². The fourth-order valence-electron chi connectivity index (χ4n) is 2.59. The van der Waals surface area contributed by atoms with Crippen LogP contribution in [0.1, 0.15) is 51.3 Å². The molecule has 0 bridgehead atoms. The van der Waals surface area contributed by atoms with E-state index in [9.17, 15) is 14.6 Å². The first-order valence-corrected chi connectivity index (χ1v) is 9.70. The molecule has 1 aromatic rings. The number of rotatable bonds is 8. The topological polar surface area (TPSA) is 66.8 Å². The molecule has 5 heteroatoms. The lowest BCUT2D eigenvalue weighted by molar-refractivity contribution is 0.272. The van der Waals surface area contributed by atoms with Gasteiger partial charge in [0.15, 0.2) is 0 Å². The third-order valence-electron chi connectivity index (χ3n) is 3.30. The lowest BCUT2D eigenvalue weighted by Gasteiger charge is -2.17. The largest absolute Gasteiger partial charge is 0.507 e. The minimum Gasteiger partial charge on any atom is -0.507 e. The van der Waals surface area contributed by atoms with E-state index in [0.717, 1.165) is 29.5 Å². The fourth-order valence-corrected chi connectivity index (χ4v) is 3.73. The van der Waals surface area contributed by atoms with E-state index < -0.39 is 7.60 Å². The summed E-state index contributed by atoms with van der Waals surface area (Å²) in [5, 5.41) is 10.4. The maximum absolute atomic E-state index is 12.0. The van der Waals surface area contributed by atoms with Crippen molar-refractivity contribution >= 4 is 7.60 Å². The van der Waals surface area contributed by atoms with E-state index in [1.165, 1.54) is 0 Å². The summed E-state index contributed by atoms with van der Waals surface area (Å²) < 4.78 is 17.0. The Hall–Kier alpha value is -0.830. The Morgan fingerprint density at radius 3 is 1.91 bits per heavy atom. The second-order valence-electron chi connectivity index (χ2n) is 6.67. The van der Waals surface area contributed by atoms with Gasteiger partial charge >= 0.3 is 7.60 Å². The summed E-state index contributed by atoms with van der Waals surface area (Å²) in [5.74, 6) is 1.14. The lowest BCUT2D eigenvalue weighted by Crippen LogP contribution is -2.03. The normalized spacial score (nSPS) is 14.5. The number of aromatic hydroxyl groups is 1. The van der Waals surface area contributed by atoms with Crippen molar-refractivity contribution in [3.8, 4) is 5.75 Å². The van der Waals surface area contributed by atoms with Crippen LogP contribution >= 0.6 is 7.60 Å². The van der Waals surface area contributed by atoms with Crippen molar-refractivity contribution in [2.45, 2.75) is 53.6 Å². The first kappa shape index (κ1) is 19.2. The van der Waals surface area contributed by atoms with Gasteiger partial charge in [-0.05, 0) is 48.3 Å². The molecule has 0 aliphatic rings. The van der Waals surface area contributed by atoms with Crippen LogP contribution in [0.25, 0.3) is 0 Å². The third-order valence-corrected chi connectivity index (χ3v) is 4.72. The molecule has 0 saturated heterocycles. The van der Waals surface area contributed by atoms with Gasteiger partial charge in [0.05, 0.1) is 12.8 Å². The van der Waals surface area contributed by atoms with Crippen molar-refractivity contribution in [1.82, 2.24) is 0 Å². The molecule has 0 aliphatic carbocycles. The van der Waals surface area contributed by atoms with Crippen molar-refractivity contribution < 1.29 is 19.1 Å². The first-order chi connectivity index (χ1) is 10.1. The van der Waals surface area contributed by atoms with E-state index in [1.54, 1.807) is 6.92 Å². The van der Waals surface area contributed by atoms with Crippen LogP contribution in [0, 0.1) is 11.8 Å². The molecule has 4 nitrogen and oxygen atoms in total. The molecule has 1 atom stereocenters. The molecule has 0 radical (unpaired) electrons. The molecule has 1 rings (SSSR count). The van der Waals surface area contributed by atoms with Crippen LogP contribution in [0.5, 0.6) is 5.75 Å². The van der Waals surface area contributed by atoms with Crippen LogP contribution in [-0.4, -0.2) is 16.6 Å². The Balaban J connectivity index is 3.18. The summed E-state index contributed by atoms with van der Waals surface area (Å²) in [5.41, 5.74) is 2.45. The van der Waals surface area contributed by atoms with E-state index >= 15 is 0 Å². The molecule has 0 saturated carbocycles. The summed E-state index contributed by atoms with van der Waals surface area (Å²) in [6.45, 7) is 10.3. The number of phenolic OH excluding ortho intramolecular Hbond substituents is 1. The number of phenols is 1. The second-order valence-corrected chi connectivity index (χ2v) is 8.52. The molecule has 22 heavy (non-hydrogen) atoms. The average molecular weight is 328 g/mol. The van der Waals surface area contributed by atoms with Gasteiger partial charge in [0.2, 0.25) is 0 Å². The molecule has 0 aromatic heterocycles. The van der Waals surface area contributed by atoms with Gasteiger partial charge in [-0.25, -0.2) is 0 Å². The van der Waals surface area contributed by atoms with Gasteiger partial charge in [-0.15, -0.1) is 0 Å². The summed E-state index contributed by atoms with van der Waals surface area (Å²) in [4.78, 5) is 9.85. The highest BCUT2D eigenvalue weighted by Crippen LogP contribution is 2.46. The van der Waals surface area contributed by atoms with Crippen molar-refractivity contribution in [3.63, 3.8) is 0 Å². The van der Waals surface area contributed by atoms with Crippen molar-refractivity contribution in [2.24, 2.45) is 11.8 Å². The Bertz CT molecular complexity index is 506. The molecule has 0 heterocycles. The van der Waals surface area contributed by atoms with Gasteiger partial charge in [0.1, 0.15) is 5.75 Å². The fraction of sp³-hybridized carbons (Fsp3) is 0.647. The van der Waals surface area contributed by atoms with Crippen LogP contribution in [0.2, 0.25) is 0 Å². The molecule has 1 unspecified atom stereocenters. The minimum absolute atomic E-state index is 0.0166. The molecule has 126 valence electrons. The smallest absolute Gasteiger partial charge is 0.332 e. The Morgan fingerprint density at radius 1 is 1.09 bits per heavy atom. The SMILES string of the molecule is CCOP(=O)(O)Cc1cc(CC(C)C)c(O)c(CC(C)C)c1. The summed E-state index contributed by atoms with van der Waals surface area (Å²) in [6.07, 6.45) is 1.47. The van der Waals surface area contributed by atoms with E-state index in [0.29, 0.717) is 17.6 Å². The zero-order valence-corrected chi connectivity index (χ0v) is 15.2. The Kier molecular flexibility index (Phi) is 7.11. The third kappa shape index (κ3) is 6.12. The highest BCUT2D eigenvalue weighted by molar-refractivity contribution is 7.51. The number of hydrogen-bond donors (Lipinski definition) is 2. The van der Waals surface area contributed by atoms with Crippen LogP contribution in [0.15, 0.2) is 12.1 Å². The average Bonchev–Trinajstić information content (AvgIpc) is 2.32. The molecular weight excluding hydrogens is 299 g/mol. The molecule has 2 N–H and O–H groups in total. The summed E-state index contributed by atoms with van der Waals surface area (Å²) in [7, 11) is -3.62. The zero-order valence-electron chi connectivity index (χ0n) is 14.3. The van der Waals surface area contributed by atoms with Crippen LogP contribution in [-0.2, 0) is 28.1 Å². The Labute approximate surface area is 134 Å². The highest BCUT2D eigenvalue weighted by Gasteiger charge is 2.21. The molecule has 0 spiro atoms. The standard InChI is InChI=1S/C17H29O4P/c1-6-21-22(19,20)11-14-9-15(7-12(2)3)17(18)16(10-14)8-13(4)5/h9-10,12-13,18H,6-8,11H2,1-5H3,(H,19,20). The maximum Gasteiger partial charge on any atom is 0.332 e. The molecule has 0 amide bonds. The van der Waals surface area contributed by atoms with E-state index in [2.05, 4.69) is 27.7 Å². The van der Waals surface area contributed by atoms with Crippen LogP contribution in [0.3, 0.4) is 0 Å². The number of hydrogen-bond acceptors (Lipinski definition) is 3. The van der Waals surface area contributed by atoms with Gasteiger partial charge in [-0.2, -0.15) is 0 Å². The van der Waals surface area contributed by atoms with Crippen molar-refractivity contribution in [1.29, 1.82) is 0 Å². The predicted octanol–water partition coefficient (Wildman–Crippen LogP) is 4.51. The van der Waals surface area contributed by atoms with Gasteiger partial charge in [0.25, 0.3) is 0 Å². The molecular formula is C17H29O4P. The van der Waals surface area contributed by atoms with E-state index in [1.807, 2.05) is 12.1 Å². The molecule has 1 aromatic carbocycles. The summed E-state index contributed by atoms with van der Waals surface area (Å²) in [6, 6.07) is 3.67. The second kappa shape index (κ2) is 8.14. The highest BCUT2D eigenvalue weighted by atomic mass is 31.2. The maximum atomic E-state index is 12.0. The van der Waals surface area contributed by atoms with Gasteiger partial charge in [-0.1, -0.05) is 39.8 Å². The van der Waals surface area contributed by atoms with Gasteiger partial charge in [-0.3, -0.25) is 4.57 Å². The zero-order chi connectivity index (χ0) is 16.9. The quantitative estimate of drug-likeness (QED) is 0.689. The monoisotopic (exact) mass is 328 g/mol. The van der Waals surface area contributed by atoms with Gasteiger partial charge < -0.3 is 14.5 Å². The molecule has 0 aliphatic heterocycles.